The third kappa shape index (κ3) is 2.34. The zero-order valence-corrected chi connectivity index (χ0v) is 9.73. The molecule has 0 saturated carbocycles. The summed E-state index contributed by atoms with van der Waals surface area (Å²) in [7, 11) is 1.94. The van der Waals surface area contributed by atoms with Crippen LogP contribution in [0.3, 0.4) is 0 Å². The zero-order valence-electron chi connectivity index (χ0n) is 9.73. The van der Waals surface area contributed by atoms with Crippen LogP contribution in [-0.4, -0.2) is 19.7 Å². The Kier molecular flexibility index (Phi) is 3.42. The Balaban J connectivity index is 2.23. The molecule has 2 aromatic rings. The van der Waals surface area contributed by atoms with Crippen LogP contribution >= 0.6 is 0 Å². The van der Waals surface area contributed by atoms with Crippen molar-refractivity contribution >= 4 is 10.8 Å². The maximum Gasteiger partial charge on any atom is 0.127 e. The summed E-state index contributed by atoms with van der Waals surface area (Å²) in [6.45, 7) is 2.79. The Morgan fingerprint density at radius 3 is 2.69 bits per heavy atom. The molecule has 0 aromatic heterocycles. The molecule has 2 nitrogen and oxygen atoms in total. The van der Waals surface area contributed by atoms with Crippen molar-refractivity contribution in [1.29, 1.82) is 0 Å². The highest BCUT2D eigenvalue weighted by Crippen LogP contribution is 2.25. The topological polar surface area (TPSA) is 21.3 Å². The Morgan fingerprint density at radius 2 is 1.88 bits per heavy atom. The van der Waals surface area contributed by atoms with Crippen molar-refractivity contribution in [2.24, 2.45) is 0 Å². The molecule has 1 atom stereocenters. The summed E-state index contributed by atoms with van der Waals surface area (Å²) in [6.07, 6.45) is 0. The van der Waals surface area contributed by atoms with E-state index in [1.807, 2.05) is 31.3 Å². The first-order chi connectivity index (χ1) is 7.81. The van der Waals surface area contributed by atoms with Crippen LogP contribution in [0.25, 0.3) is 10.8 Å². The largest absolute Gasteiger partial charge is 0.491 e. The Bertz CT molecular complexity index is 462. The lowest BCUT2D eigenvalue weighted by molar-refractivity contribution is 0.283. The minimum Gasteiger partial charge on any atom is -0.491 e. The Hall–Kier alpha value is -1.54. The number of ether oxygens (including phenoxy) is 1. The van der Waals surface area contributed by atoms with E-state index in [1.165, 1.54) is 10.8 Å². The fourth-order valence-corrected chi connectivity index (χ4v) is 1.62. The highest BCUT2D eigenvalue weighted by molar-refractivity contribution is 5.88. The van der Waals surface area contributed by atoms with E-state index >= 15 is 0 Å². The molecule has 0 spiro atoms. The van der Waals surface area contributed by atoms with E-state index < -0.39 is 0 Å². The lowest BCUT2D eigenvalue weighted by atomic mass is 10.1. The number of nitrogens with one attached hydrogen (secondary N) is 1. The molecule has 0 saturated heterocycles. The maximum absolute atomic E-state index is 5.81. The molecule has 84 valence electrons. The average molecular weight is 215 g/mol. The smallest absolute Gasteiger partial charge is 0.127 e. The number of rotatable bonds is 4. The van der Waals surface area contributed by atoms with Gasteiger partial charge in [-0.15, -0.1) is 0 Å². The van der Waals surface area contributed by atoms with Crippen molar-refractivity contribution in [3.05, 3.63) is 42.5 Å². The number of likely N-dealkylation sites (N-methyl/N-ethyl adjacent to an activating group) is 1. The molecule has 2 heteroatoms. The third-order valence-corrected chi connectivity index (χ3v) is 2.73. The van der Waals surface area contributed by atoms with Gasteiger partial charge in [-0.3, -0.25) is 0 Å². The molecule has 0 bridgehead atoms. The average Bonchev–Trinajstić information content (AvgIpc) is 2.35. The molecular weight excluding hydrogens is 198 g/mol. The van der Waals surface area contributed by atoms with Crippen LogP contribution in [0.15, 0.2) is 42.5 Å². The van der Waals surface area contributed by atoms with Crippen molar-refractivity contribution in [2.75, 3.05) is 13.7 Å². The van der Waals surface area contributed by atoms with E-state index in [4.69, 9.17) is 4.74 Å². The predicted molar refractivity (Wildman–Crippen MR) is 68.0 cm³/mol. The van der Waals surface area contributed by atoms with Crippen LogP contribution < -0.4 is 10.1 Å². The molecular formula is C14H17NO. The summed E-state index contributed by atoms with van der Waals surface area (Å²) in [5.74, 6) is 0.959. The molecule has 0 radical (unpaired) electrons. The molecule has 16 heavy (non-hydrogen) atoms. The van der Waals surface area contributed by atoms with Gasteiger partial charge in [0.1, 0.15) is 12.4 Å². The van der Waals surface area contributed by atoms with Crippen molar-refractivity contribution in [2.45, 2.75) is 13.0 Å². The van der Waals surface area contributed by atoms with E-state index in [-0.39, 0.29) is 0 Å². The van der Waals surface area contributed by atoms with Gasteiger partial charge in [0, 0.05) is 11.4 Å². The number of hydrogen-bond donors (Lipinski definition) is 1. The molecule has 1 unspecified atom stereocenters. The van der Waals surface area contributed by atoms with Crippen molar-refractivity contribution < 1.29 is 4.74 Å². The van der Waals surface area contributed by atoms with Gasteiger partial charge in [-0.25, -0.2) is 0 Å². The number of hydrogen-bond acceptors (Lipinski definition) is 2. The van der Waals surface area contributed by atoms with Gasteiger partial charge < -0.3 is 10.1 Å². The van der Waals surface area contributed by atoms with Crippen molar-refractivity contribution in [3.63, 3.8) is 0 Å². The highest BCUT2D eigenvalue weighted by Gasteiger charge is 2.03. The van der Waals surface area contributed by atoms with Gasteiger partial charge in [-0.05, 0) is 25.4 Å². The SMILES string of the molecule is CNC(C)COc1cccc2ccccc12. The first-order valence-electron chi connectivity index (χ1n) is 5.59. The monoisotopic (exact) mass is 215 g/mol. The van der Waals surface area contributed by atoms with Gasteiger partial charge in [0.2, 0.25) is 0 Å². The summed E-state index contributed by atoms with van der Waals surface area (Å²) in [5, 5.41) is 5.55. The molecule has 2 rings (SSSR count). The highest BCUT2D eigenvalue weighted by atomic mass is 16.5. The van der Waals surface area contributed by atoms with Crippen LogP contribution in [0.1, 0.15) is 6.92 Å². The van der Waals surface area contributed by atoms with Crippen molar-refractivity contribution in [1.82, 2.24) is 5.32 Å². The second-order valence-electron chi connectivity index (χ2n) is 3.98. The molecule has 0 heterocycles. The molecule has 2 aromatic carbocycles. The molecule has 1 N–H and O–H groups in total. The lowest BCUT2D eigenvalue weighted by Crippen LogP contribution is -2.28. The number of benzene rings is 2. The summed E-state index contributed by atoms with van der Waals surface area (Å²) in [6, 6.07) is 14.8. The first kappa shape index (κ1) is 11.0. The standard InChI is InChI=1S/C14H17NO/c1-11(15-2)10-16-14-9-5-7-12-6-3-4-8-13(12)14/h3-9,11,15H,10H2,1-2H3. The minimum absolute atomic E-state index is 0.360. The van der Waals surface area contributed by atoms with Gasteiger partial charge in [0.15, 0.2) is 0 Å². The van der Waals surface area contributed by atoms with Crippen LogP contribution in [0.2, 0.25) is 0 Å². The molecule has 0 amide bonds. The predicted octanol–water partition coefficient (Wildman–Crippen LogP) is 2.83. The van der Waals surface area contributed by atoms with Crippen LogP contribution in [0.4, 0.5) is 0 Å². The van der Waals surface area contributed by atoms with Gasteiger partial charge in [-0.2, -0.15) is 0 Å². The van der Waals surface area contributed by atoms with Gasteiger partial charge in [-0.1, -0.05) is 36.4 Å². The second-order valence-corrected chi connectivity index (χ2v) is 3.98. The van der Waals surface area contributed by atoms with Crippen molar-refractivity contribution in [3.8, 4) is 5.75 Å². The Labute approximate surface area is 96.2 Å². The van der Waals surface area contributed by atoms with Gasteiger partial charge in [0.25, 0.3) is 0 Å². The third-order valence-electron chi connectivity index (χ3n) is 2.73. The zero-order chi connectivity index (χ0) is 11.4. The van der Waals surface area contributed by atoms with E-state index in [0.717, 1.165) is 5.75 Å². The van der Waals surface area contributed by atoms with Crippen LogP contribution in [0, 0.1) is 0 Å². The molecule has 0 fully saturated rings. The van der Waals surface area contributed by atoms with Gasteiger partial charge >= 0.3 is 0 Å². The first-order valence-corrected chi connectivity index (χ1v) is 5.59. The number of fused-ring (bicyclic) bond motifs is 1. The molecule has 0 aliphatic heterocycles. The quantitative estimate of drug-likeness (QED) is 0.846. The normalized spacial score (nSPS) is 12.6. The summed E-state index contributed by atoms with van der Waals surface area (Å²) in [4.78, 5) is 0. The van der Waals surface area contributed by atoms with E-state index in [1.54, 1.807) is 0 Å². The fraction of sp³-hybridized carbons (Fsp3) is 0.286. The lowest BCUT2D eigenvalue weighted by Gasteiger charge is -2.13. The van der Waals surface area contributed by atoms with Gasteiger partial charge in [0.05, 0.1) is 0 Å². The fourth-order valence-electron chi connectivity index (χ4n) is 1.62. The summed E-state index contributed by atoms with van der Waals surface area (Å²) >= 11 is 0. The van der Waals surface area contributed by atoms with E-state index in [0.29, 0.717) is 12.6 Å². The second kappa shape index (κ2) is 4.99. The van der Waals surface area contributed by atoms with Crippen LogP contribution in [-0.2, 0) is 0 Å². The summed E-state index contributed by atoms with van der Waals surface area (Å²) < 4.78 is 5.81. The summed E-state index contributed by atoms with van der Waals surface area (Å²) in [5.41, 5.74) is 0. The molecule has 0 aliphatic rings. The maximum atomic E-state index is 5.81. The van der Waals surface area contributed by atoms with E-state index in [2.05, 4.69) is 30.4 Å². The van der Waals surface area contributed by atoms with E-state index in [9.17, 15) is 0 Å². The minimum atomic E-state index is 0.360. The Morgan fingerprint density at radius 1 is 1.12 bits per heavy atom. The molecule has 0 aliphatic carbocycles. The van der Waals surface area contributed by atoms with Crippen LogP contribution in [0.5, 0.6) is 5.75 Å².